The molecule has 2 nitrogen and oxygen atoms in total. The zero-order valence-corrected chi connectivity index (χ0v) is 4.93. The van der Waals surface area contributed by atoms with Gasteiger partial charge in [-0.05, 0) is 6.92 Å². The van der Waals surface area contributed by atoms with Crippen LogP contribution in [0.5, 0.6) is 0 Å². The Labute approximate surface area is 47.9 Å². The third kappa shape index (κ3) is 2.65. The van der Waals surface area contributed by atoms with Crippen LogP contribution in [0.3, 0.4) is 0 Å². The van der Waals surface area contributed by atoms with Crippen molar-refractivity contribution in [1.82, 2.24) is 0 Å². The molecule has 7 heavy (non-hydrogen) atoms. The first-order valence-corrected chi connectivity index (χ1v) is 2.51. The Morgan fingerprint density at radius 2 is 2.29 bits per heavy atom. The average molecular weight is 120 g/mol. The summed E-state index contributed by atoms with van der Waals surface area (Å²) in [6.07, 6.45) is -0.0332. The second-order valence-electron chi connectivity index (χ2n) is 1.37. The zero-order valence-electron chi connectivity index (χ0n) is 4.03. The van der Waals surface area contributed by atoms with Crippen LogP contribution in [0.15, 0.2) is 0 Å². The topological polar surface area (TPSA) is 37.3 Å². The molecule has 0 heterocycles. The molecular formula is C4H8O2S. The van der Waals surface area contributed by atoms with Gasteiger partial charge in [0.15, 0.2) is 0 Å². The number of hydrogen-bond acceptors (Lipinski definition) is 3. The van der Waals surface area contributed by atoms with E-state index in [0.717, 1.165) is 0 Å². The summed E-state index contributed by atoms with van der Waals surface area (Å²) in [7, 11) is 0. The predicted octanol–water partition coefficient (Wildman–Crippen LogP) is -0.136. The number of carbonyl (C=O) groups excluding carboxylic acids is 1. The van der Waals surface area contributed by atoms with E-state index in [4.69, 9.17) is 5.11 Å². The summed E-state index contributed by atoms with van der Waals surface area (Å²) in [6.45, 7) is 1.52. The fourth-order valence-corrected chi connectivity index (χ4v) is 0.114. The fourth-order valence-electron chi connectivity index (χ4n) is 0.114. The van der Waals surface area contributed by atoms with E-state index in [0.29, 0.717) is 6.29 Å². The number of carbonyl (C=O) groups is 1. The molecule has 2 unspecified atom stereocenters. The first-order valence-electron chi connectivity index (χ1n) is 2.00. The van der Waals surface area contributed by atoms with Crippen LogP contribution in [0, 0.1) is 0 Å². The molecule has 0 bridgehead atoms. The third-order valence-electron chi connectivity index (χ3n) is 0.634. The minimum atomic E-state index is -0.638. The largest absolute Gasteiger partial charge is 0.392 e. The van der Waals surface area contributed by atoms with Crippen LogP contribution in [-0.4, -0.2) is 22.7 Å². The molecule has 0 saturated carbocycles. The van der Waals surface area contributed by atoms with Gasteiger partial charge in [-0.1, -0.05) is 0 Å². The van der Waals surface area contributed by atoms with E-state index >= 15 is 0 Å². The minimum Gasteiger partial charge on any atom is -0.392 e. The predicted molar refractivity (Wildman–Crippen MR) is 30.5 cm³/mol. The van der Waals surface area contributed by atoms with E-state index < -0.39 is 11.4 Å². The van der Waals surface area contributed by atoms with Crippen LogP contribution in [-0.2, 0) is 4.79 Å². The lowest BCUT2D eigenvalue weighted by Crippen LogP contribution is -2.17. The van der Waals surface area contributed by atoms with Crippen molar-refractivity contribution in [3.8, 4) is 0 Å². The molecule has 0 aliphatic rings. The van der Waals surface area contributed by atoms with Crippen molar-refractivity contribution in [2.24, 2.45) is 0 Å². The van der Waals surface area contributed by atoms with Crippen molar-refractivity contribution >= 4 is 18.9 Å². The van der Waals surface area contributed by atoms with Crippen LogP contribution < -0.4 is 0 Å². The van der Waals surface area contributed by atoms with Gasteiger partial charge in [-0.3, -0.25) is 0 Å². The Morgan fingerprint density at radius 3 is 2.29 bits per heavy atom. The summed E-state index contributed by atoms with van der Waals surface area (Å²) < 4.78 is 0. The lowest BCUT2D eigenvalue weighted by atomic mass is 10.3. The van der Waals surface area contributed by atoms with Crippen molar-refractivity contribution in [2.45, 2.75) is 18.3 Å². The Bertz CT molecular complexity index is 62.7. The van der Waals surface area contributed by atoms with Crippen LogP contribution in [0.2, 0.25) is 0 Å². The molecule has 0 amide bonds. The molecular weight excluding hydrogens is 112 g/mol. The van der Waals surface area contributed by atoms with Crippen molar-refractivity contribution < 1.29 is 9.90 Å². The Balaban J connectivity index is 3.33. The summed E-state index contributed by atoms with van der Waals surface area (Å²) in [6, 6.07) is 0. The summed E-state index contributed by atoms with van der Waals surface area (Å²) in [5, 5.41) is 7.99. The highest BCUT2D eigenvalue weighted by Gasteiger charge is 2.05. The first kappa shape index (κ1) is 6.98. The molecule has 2 atom stereocenters. The van der Waals surface area contributed by atoms with Gasteiger partial charge in [-0.2, -0.15) is 12.6 Å². The van der Waals surface area contributed by atoms with Gasteiger partial charge < -0.3 is 9.90 Å². The number of aldehydes is 1. The normalized spacial score (nSPS) is 18.1. The SMILES string of the molecule is CC(O)C(S)C=O. The van der Waals surface area contributed by atoms with E-state index in [9.17, 15) is 4.79 Å². The molecule has 0 aromatic rings. The number of rotatable bonds is 2. The minimum absolute atomic E-state index is 0.528. The van der Waals surface area contributed by atoms with Crippen molar-refractivity contribution in [3.63, 3.8) is 0 Å². The van der Waals surface area contributed by atoms with Crippen LogP contribution in [0.1, 0.15) is 6.92 Å². The smallest absolute Gasteiger partial charge is 0.135 e. The van der Waals surface area contributed by atoms with Gasteiger partial charge in [0.05, 0.1) is 11.4 Å². The molecule has 0 saturated heterocycles. The van der Waals surface area contributed by atoms with Crippen LogP contribution in [0.4, 0.5) is 0 Å². The fraction of sp³-hybridized carbons (Fsp3) is 0.750. The molecule has 42 valence electrons. The van der Waals surface area contributed by atoms with E-state index in [1.165, 1.54) is 6.92 Å². The van der Waals surface area contributed by atoms with Crippen LogP contribution >= 0.6 is 12.6 Å². The molecule has 3 heteroatoms. The second kappa shape index (κ2) is 3.04. The lowest BCUT2D eigenvalue weighted by molar-refractivity contribution is -0.108. The van der Waals surface area contributed by atoms with Gasteiger partial charge in [0.25, 0.3) is 0 Å². The Hall–Kier alpha value is -0.0200. The summed E-state index contributed by atoms with van der Waals surface area (Å²) in [5.41, 5.74) is 0. The van der Waals surface area contributed by atoms with Gasteiger partial charge in [0.2, 0.25) is 0 Å². The summed E-state index contributed by atoms with van der Waals surface area (Å²) >= 11 is 3.71. The van der Waals surface area contributed by atoms with E-state index in [1.807, 2.05) is 0 Å². The van der Waals surface area contributed by atoms with E-state index in [-0.39, 0.29) is 0 Å². The van der Waals surface area contributed by atoms with Gasteiger partial charge in [-0.15, -0.1) is 0 Å². The van der Waals surface area contributed by atoms with E-state index in [2.05, 4.69) is 12.6 Å². The third-order valence-corrected chi connectivity index (χ3v) is 1.19. The molecule has 0 spiro atoms. The van der Waals surface area contributed by atoms with Gasteiger partial charge in [-0.25, -0.2) is 0 Å². The number of hydrogen-bond donors (Lipinski definition) is 2. The zero-order chi connectivity index (χ0) is 5.86. The molecule has 0 aliphatic heterocycles. The van der Waals surface area contributed by atoms with Gasteiger partial charge >= 0.3 is 0 Å². The number of aliphatic hydroxyl groups excluding tert-OH is 1. The number of thiol groups is 1. The highest BCUT2D eigenvalue weighted by Crippen LogP contribution is 1.95. The maximum Gasteiger partial charge on any atom is 0.135 e. The summed E-state index contributed by atoms with van der Waals surface area (Å²) in [5.74, 6) is 0. The monoisotopic (exact) mass is 120 g/mol. The lowest BCUT2D eigenvalue weighted by Gasteiger charge is -2.02. The standard InChI is InChI=1S/C4H8O2S/c1-3(6)4(7)2-5/h2-4,6-7H,1H3. The second-order valence-corrected chi connectivity index (χ2v) is 1.96. The molecule has 0 fully saturated rings. The van der Waals surface area contributed by atoms with Crippen LogP contribution in [0.25, 0.3) is 0 Å². The van der Waals surface area contributed by atoms with E-state index in [1.54, 1.807) is 0 Å². The molecule has 0 rings (SSSR count). The molecule has 0 radical (unpaired) electrons. The maximum atomic E-state index is 9.71. The number of aliphatic hydroxyl groups is 1. The first-order chi connectivity index (χ1) is 3.18. The quantitative estimate of drug-likeness (QED) is 0.393. The highest BCUT2D eigenvalue weighted by atomic mass is 32.1. The average Bonchev–Trinajstić information content (AvgIpc) is 1.65. The van der Waals surface area contributed by atoms with Gasteiger partial charge in [0, 0.05) is 0 Å². The Kier molecular flexibility index (Phi) is 3.04. The van der Waals surface area contributed by atoms with Crippen molar-refractivity contribution in [2.75, 3.05) is 0 Å². The van der Waals surface area contributed by atoms with Crippen molar-refractivity contribution in [1.29, 1.82) is 0 Å². The molecule has 0 aromatic heterocycles. The van der Waals surface area contributed by atoms with Gasteiger partial charge in [0.1, 0.15) is 6.29 Å². The molecule has 1 N–H and O–H groups in total. The maximum absolute atomic E-state index is 9.71. The molecule has 0 aromatic carbocycles. The highest BCUT2D eigenvalue weighted by molar-refractivity contribution is 7.81. The summed E-state index contributed by atoms with van der Waals surface area (Å²) in [4.78, 5) is 9.71. The van der Waals surface area contributed by atoms with Crippen molar-refractivity contribution in [3.05, 3.63) is 0 Å². The Morgan fingerprint density at radius 1 is 1.86 bits per heavy atom. The molecule has 0 aliphatic carbocycles.